The van der Waals surface area contributed by atoms with Crippen molar-refractivity contribution in [3.63, 3.8) is 0 Å². The summed E-state index contributed by atoms with van der Waals surface area (Å²) in [7, 11) is 0. The predicted molar refractivity (Wildman–Crippen MR) is 76.2 cm³/mol. The third kappa shape index (κ3) is 1.45. The Balaban J connectivity index is 1.75. The average Bonchev–Trinajstić information content (AvgIpc) is 2.91. The van der Waals surface area contributed by atoms with E-state index in [-0.39, 0.29) is 16.9 Å². The summed E-state index contributed by atoms with van der Waals surface area (Å²) in [6, 6.07) is 9.73. The van der Waals surface area contributed by atoms with Crippen LogP contribution in [0.25, 0.3) is 0 Å². The third-order valence-corrected chi connectivity index (χ3v) is 13.0. The predicted octanol–water partition coefficient (Wildman–Crippen LogP) is 3.53. The molecule has 4 atom stereocenters. The Hall–Kier alpha value is -0.100. The van der Waals surface area contributed by atoms with Crippen LogP contribution in [0.2, 0.25) is 4.47 Å². The van der Waals surface area contributed by atoms with E-state index in [1.165, 1.54) is 12.8 Å². The van der Waals surface area contributed by atoms with E-state index in [9.17, 15) is 0 Å². The average molecular weight is 376 g/mol. The van der Waals surface area contributed by atoms with Gasteiger partial charge in [-0.15, -0.1) is 0 Å². The minimum absolute atomic E-state index is 0.142. The van der Waals surface area contributed by atoms with Gasteiger partial charge < -0.3 is 0 Å². The van der Waals surface area contributed by atoms with Crippen molar-refractivity contribution in [1.82, 2.24) is 0 Å². The van der Waals surface area contributed by atoms with Crippen LogP contribution in [0.4, 0.5) is 2.89 Å². The van der Waals surface area contributed by atoms with Crippen LogP contribution in [0.5, 0.6) is 0 Å². The fourth-order valence-corrected chi connectivity index (χ4v) is 13.1. The summed E-state index contributed by atoms with van der Waals surface area (Å²) >= 11 is -3.82. The van der Waals surface area contributed by atoms with Crippen molar-refractivity contribution >= 4 is 22.8 Å². The summed E-state index contributed by atoms with van der Waals surface area (Å²) in [5.41, 5.74) is 0.412. The third-order valence-electron chi connectivity index (χ3n) is 6.16. The Morgan fingerprint density at radius 3 is 2.63 bits per heavy atom. The first-order valence-corrected chi connectivity index (χ1v) is 11.9. The van der Waals surface area contributed by atoms with Crippen LogP contribution in [0.1, 0.15) is 33.1 Å². The van der Waals surface area contributed by atoms with Gasteiger partial charge in [0.05, 0.1) is 0 Å². The number of fused-ring (bicyclic) bond motifs is 1. The fraction of sp³-hybridized carbons (Fsp3) is 0.625. The molecule has 1 aromatic carbocycles. The van der Waals surface area contributed by atoms with Gasteiger partial charge in [0.2, 0.25) is 0 Å². The maximum atomic E-state index is 15.5. The van der Waals surface area contributed by atoms with E-state index >= 15 is 2.89 Å². The first-order valence-electron chi connectivity index (χ1n) is 7.22. The van der Waals surface area contributed by atoms with Gasteiger partial charge in [0.25, 0.3) is 0 Å². The number of hydrogen-bond donors (Lipinski definition) is 0. The monoisotopic (exact) mass is 378 g/mol. The molecule has 1 heterocycles. The molecule has 2 saturated carbocycles. The van der Waals surface area contributed by atoms with Gasteiger partial charge in [-0.2, -0.15) is 0 Å². The molecule has 2 aliphatic carbocycles. The van der Waals surface area contributed by atoms with E-state index in [2.05, 4.69) is 13.8 Å². The van der Waals surface area contributed by atoms with Crippen LogP contribution in [0.3, 0.4) is 0 Å². The summed E-state index contributed by atoms with van der Waals surface area (Å²) in [5.74, 6) is 0.751. The van der Waals surface area contributed by atoms with Gasteiger partial charge in [0.15, 0.2) is 0 Å². The minimum atomic E-state index is -3.82. The zero-order chi connectivity index (χ0) is 13.3. The van der Waals surface area contributed by atoms with Gasteiger partial charge in [-0.3, -0.25) is 0 Å². The zero-order valence-electron chi connectivity index (χ0n) is 11.6. The summed E-state index contributed by atoms with van der Waals surface area (Å²) in [6.07, 6.45) is 3.75. The molecule has 0 amide bonds. The van der Waals surface area contributed by atoms with Crippen LogP contribution < -0.4 is 3.61 Å². The first-order chi connectivity index (χ1) is 8.98. The summed E-state index contributed by atoms with van der Waals surface area (Å²) in [5, 5.41) is 0. The van der Waals surface area contributed by atoms with Crippen LogP contribution in [-0.2, 0) is 3.10 Å². The van der Waals surface area contributed by atoms with Gasteiger partial charge >= 0.3 is 120 Å². The molecule has 3 heteroatoms. The number of rotatable bonds is 1. The second-order valence-electron chi connectivity index (χ2n) is 6.99. The number of hydrogen-bond acceptors (Lipinski definition) is 1. The van der Waals surface area contributed by atoms with E-state index in [0.717, 1.165) is 20.4 Å². The second kappa shape index (κ2) is 3.75. The van der Waals surface area contributed by atoms with Gasteiger partial charge in [0.1, 0.15) is 0 Å². The Morgan fingerprint density at radius 1 is 1.26 bits per heavy atom. The van der Waals surface area contributed by atoms with Crippen LogP contribution in [-0.4, -0.2) is 25.3 Å². The zero-order valence-corrected chi connectivity index (χ0v) is 13.9. The van der Waals surface area contributed by atoms with Crippen molar-refractivity contribution in [2.45, 2.75) is 43.7 Å². The molecule has 0 aromatic heterocycles. The van der Waals surface area contributed by atoms with Crippen molar-refractivity contribution in [3.8, 4) is 0 Å². The molecule has 1 saturated heterocycles. The molecule has 1 spiro atoms. The fourth-order valence-electron chi connectivity index (χ4n) is 4.79. The van der Waals surface area contributed by atoms with E-state index in [1.807, 2.05) is 30.3 Å². The maximum absolute atomic E-state index is 15.5. The standard InChI is InChI=1S/C16H21FOTe/c1-15(2)12-8-9-16(15)11-19(17,18-14(16)10-12)13-6-4-3-5-7-13/h3-7,12,14H,8-11H2,1-2H3/t12-,14-,16-/m1/s1. The number of halogens is 1. The van der Waals surface area contributed by atoms with Crippen molar-refractivity contribution in [2.24, 2.45) is 16.7 Å². The van der Waals surface area contributed by atoms with Crippen molar-refractivity contribution in [3.05, 3.63) is 30.3 Å². The second-order valence-corrected chi connectivity index (χ2v) is 13.1. The molecule has 104 valence electrons. The summed E-state index contributed by atoms with van der Waals surface area (Å²) < 4.78 is 23.3. The molecule has 4 rings (SSSR count). The summed E-state index contributed by atoms with van der Waals surface area (Å²) in [4.78, 5) is 0. The van der Waals surface area contributed by atoms with E-state index in [4.69, 9.17) is 3.10 Å². The van der Waals surface area contributed by atoms with Crippen molar-refractivity contribution < 1.29 is 5.99 Å². The summed E-state index contributed by atoms with van der Waals surface area (Å²) in [6.45, 7) is 4.71. The van der Waals surface area contributed by atoms with Gasteiger partial charge in [-0.1, -0.05) is 0 Å². The molecular weight excluding hydrogens is 355 g/mol. The molecule has 19 heavy (non-hydrogen) atoms. The van der Waals surface area contributed by atoms with Gasteiger partial charge in [-0.25, -0.2) is 0 Å². The van der Waals surface area contributed by atoms with Gasteiger partial charge in [-0.05, 0) is 0 Å². The molecule has 1 nitrogen and oxygen atoms in total. The normalized spacial score (nSPS) is 49.8. The Bertz CT molecular complexity index is 517. The van der Waals surface area contributed by atoms with Crippen molar-refractivity contribution in [1.29, 1.82) is 0 Å². The first kappa shape index (κ1) is 12.6. The van der Waals surface area contributed by atoms with Crippen LogP contribution in [0.15, 0.2) is 30.3 Å². The molecule has 0 N–H and O–H groups in total. The molecule has 0 radical (unpaired) electrons. The SMILES string of the molecule is CC1(C)[C@@H]2CC[C@]13C[Te](F)(c1ccccc1)O[C@@H]3C2. The molecule has 1 aromatic rings. The van der Waals surface area contributed by atoms with E-state index in [1.54, 1.807) is 0 Å². The molecule has 2 bridgehead atoms. The van der Waals surface area contributed by atoms with Gasteiger partial charge in [0, 0.05) is 0 Å². The quantitative estimate of drug-likeness (QED) is 0.682. The van der Waals surface area contributed by atoms with Crippen LogP contribution in [0, 0.1) is 16.7 Å². The Labute approximate surface area is 119 Å². The Kier molecular flexibility index (Phi) is 2.49. The molecule has 3 aliphatic rings. The van der Waals surface area contributed by atoms with E-state index in [0.29, 0.717) is 0 Å². The van der Waals surface area contributed by atoms with Crippen molar-refractivity contribution in [2.75, 3.05) is 0 Å². The molecular formula is C16H21FOTe. The van der Waals surface area contributed by atoms with E-state index < -0.39 is 19.2 Å². The van der Waals surface area contributed by atoms with Crippen LogP contribution >= 0.6 is 0 Å². The number of benzene rings is 1. The Morgan fingerprint density at radius 2 is 2.00 bits per heavy atom. The topological polar surface area (TPSA) is 9.23 Å². The molecule has 1 unspecified atom stereocenters. The molecule has 1 aliphatic heterocycles. The molecule has 3 fully saturated rings.